The van der Waals surface area contributed by atoms with Crippen molar-refractivity contribution in [3.8, 4) is 0 Å². The SMILES string of the molecule is C=C/C=C/C.C=C/C=C/CCC.C=CC.C=CC(=O)OCCCCC.C=CC(=O)OCCCCC.C=CCCC.C=CCCOC.CC(C)C(C)C.CCCC. The summed E-state index contributed by atoms with van der Waals surface area (Å²) in [5, 5.41) is 0. The Labute approximate surface area is 352 Å². The molecule has 0 aliphatic carbocycles. The Hall–Kier alpha value is -3.44. The fourth-order valence-electron chi connectivity index (χ4n) is 2.07. The molecule has 0 unspecified atom stereocenters. The number of methoxy groups -OCH3 is 1. The van der Waals surface area contributed by atoms with Crippen molar-refractivity contribution in [2.24, 2.45) is 11.8 Å². The minimum absolute atomic E-state index is 0.323. The number of esters is 2. The van der Waals surface area contributed by atoms with Gasteiger partial charge in [0.25, 0.3) is 0 Å². The van der Waals surface area contributed by atoms with E-state index in [9.17, 15) is 9.59 Å². The molecule has 0 rings (SSSR count). The van der Waals surface area contributed by atoms with Crippen molar-refractivity contribution in [1.29, 1.82) is 0 Å². The lowest BCUT2D eigenvalue weighted by molar-refractivity contribution is -0.138. The molecule has 0 amide bonds. The zero-order valence-corrected chi connectivity index (χ0v) is 39.8. The normalized spacial score (nSPS) is 8.70. The van der Waals surface area contributed by atoms with Crippen molar-refractivity contribution >= 4 is 11.9 Å². The highest BCUT2D eigenvalue weighted by Gasteiger charge is 1.96. The van der Waals surface area contributed by atoms with E-state index in [1.807, 2.05) is 44.2 Å². The zero-order chi connectivity index (χ0) is 45.5. The number of hydrogen-bond acceptors (Lipinski definition) is 5. The Balaban J connectivity index is -0.0000000649. The van der Waals surface area contributed by atoms with Crippen LogP contribution in [-0.2, 0) is 23.8 Å². The molecule has 0 spiro atoms. The van der Waals surface area contributed by atoms with Crippen molar-refractivity contribution in [3.05, 3.63) is 113 Å². The maximum absolute atomic E-state index is 10.4. The smallest absolute Gasteiger partial charge is 0.330 e. The van der Waals surface area contributed by atoms with Gasteiger partial charge < -0.3 is 14.2 Å². The summed E-state index contributed by atoms with van der Waals surface area (Å²) in [5.74, 6) is 1.06. The predicted molar refractivity (Wildman–Crippen MR) is 259 cm³/mol. The first kappa shape index (κ1) is 73.6. The molecule has 0 radical (unpaired) electrons. The largest absolute Gasteiger partial charge is 0.463 e. The van der Waals surface area contributed by atoms with E-state index in [0.717, 1.165) is 69.8 Å². The molecule has 0 aliphatic heterocycles. The monoisotopic (exact) mass is 791 g/mol. The zero-order valence-electron chi connectivity index (χ0n) is 39.8. The summed E-state index contributed by atoms with van der Waals surface area (Å²) >= 11 is 0. The van der Waals surface area contributed by atoms with Crippen molar-refractivity contribution in [3.63, 3.8) is 0 Å². The van der Waals surface area contributed by atoms with Crippen molar-refractivity contribution < 1.29 is 23.8 Å². The van der Waals surface area contributed by atoms with Gasteiger partial charge in [0.15, 0.2) is 0 Å². The summed E-state index contributed by atoms with van der Waals surface area (Å²) in [7, 11) is 1.68. The summed E-state index contributed by atoms with van der Waals surface area (Å²) in [4.78, 5) is 20.9. The van der Waals surface area contributed by atoms with Crippen LogP contribution in [0.2, 0.25) is 0 Å². The highest BCUT2D eigenvalue weighted by atomic mass is 16.5. The molecule has 0 aliphatic rings. The third kappa shape index (κ3) is 152. The number of hydrogen-bond donors (Lipinski definition) is 0. The quantitative estimate of drug-likeness (QED) is 0.0381. The third-order valence-electron chi connectivity index (χ3n) is 6.23. The molecule has 0 fully saturated rings. The molecule has 5 heteroatoms. The molecular formula is C51H98O5. The number of carbonyl (C=O) groups is 2. The van der Waals surface area contributed by atoms with E-state index in [4.69, 9.17) is 14.2 Å². The molecule has 56 heavy (non-hydrogen) atoms. The minimum atomic E-state index is -0.323. The van der Waals surface area contributed by atoms with Gasteiger partial charge in [-0.15, -0.1) is 19.7 Å². The van der Waals surface area contributed by atoms with Gasteiger partial charge in [-0.3, -0.25) is 0 Å². The lowest BCUT2D eigenvalue weighted by Crippen LogP contribution is -2.01. The van der Waals surface area contributed by atoms with Crippen LogP contribution >= 0.6 is 0 Å². The maximum atomic E-state index is 10.4. The van der Waals surface area contributed by atoms with E-state index in [2.05, 4.69) is 121 Å². The number of unbranched alkanes of at least 4 members (excludes halogenated alkanes) is 7. The van der Waals surface area contributed by atoms with Crippen LogP contribution in [0, 0.1) is 11.8 Å². The molecule has 332 valence electrons. The number of allylic oxidation sites excluding steroid dienone is 8. The maximum Gasteiger partial charge on any atom is 0.330 e. The Morgan fingerprint density at radius 2 is 0.893 bits per heavy atom. The molecule has 0 aromatic carbocycles. The van der Waals surface area contributed by atoms with Gasteiger partial charge in [0, 0.05) is 25.9 Å². The van der Waals surface area contributed by atoms with Gasteiger partial charge in [-0.05, 0) is 57.8 Å². The molecule has 0 aromatic rings. The second-order valence-electron chi connectivity index (χ2n) is 12.4. The first-order valence-corrected chi connectivity index (χ1v) is 21.1. The summed E-state index contributed by atoms with van der Waals surface area (Å²) < 4.78 is 14.2. The van der Waals surface area contributed by atoms with Crippen LogP contribution in [0.1, 0.15) is 167 Å². The van der Waals surface area contributed by atoms with Crippen LogP contribution < -0.4 is 0 Å². The van der Waals surface area contributed by atoms with E-state index in [1.54, 1.807) is 25.3 Å². The van der Waals surface area contributed by atoms with E-state index in [1.165, 1.54) is 44.3 Å². The molecule has 0 saturated heterocycles. The summed E-state index contributed by atoms with van der Waals surface area (Å²) in [6.07, 6.45) is 34.2. The summed E-state index contributed by atoms with van der Waals surface area (Å²) in [6, 6.07) is 0. The fraction of sp³-hybridized carbons (Fsp3) is 0.608. The van der Waals surface area contributed by atoms with Crippen LogP contribution in [0.25, 0.3) is 0 Å². The van der Waals surface area contributed by atoms with Crippen LogP contribution in [-0.4, -0.2) is 38.9 Å². The third-order valence-corrected chi connectivity index (χ3v) is 6.23. The average Bonchev–Trinajstić information content (AvgIpc) is 3.19. The Kier molecular flexibility index (Phi) is 117. The highest BCUT2D eigenvalue weighted by molar-refractivity contribution is 5.81. The summed E-state index contributed by atoms with van der Waals surface area (Å²) in [5.41, 5.74) is 0. The van der Waals surface area contributed by atoms with Gasteiger partial charge in [-0.25, -0.2) is 9.59 Å². The molecule has 0 bridgehead atoms. The van der Waals surface area contributed by atoms with E-state index in [-0.39, 0.29) is 11.9 Å². The Morgan fingerprint density at radius 1 is 0.518 bits per heavy atom. The first-order chi connectivity index (χ1) is 26.7. The van der Waals surface area contributed by atoms with E-state index < -0.39 is 0 Å². The van der Waals surface area contributed by atoms with E-state index in [0.29, 0.717) is 13.2 Å². The minimum Gasteiger partial charge on any atom is -0.463 e. The lowest BCUT2D eigenvalue weighted by atomic mass is 10.0. The van der Waals surface area contributed by atoms with Crippen LogP contribution in [0.3, 0.4) is 0 Å². The number of carbonyl (C=O) groups excluding carboxylic acids is 2. The number of rotatable bonds is 21. The fourth-order valence-corrected chi connectivity index (χ4v) is 2.07. The second kappa shape index (κ2) is 88.6. The summed E-state index contributed by atoms with van der Waals surface area (Å²) in [6.45, 7) is 51.5. The highest BCUT2D eigenvalue weighted by Crippen LogP contribution is 2.05. The van der Waals surface area contributed by atoms with Crippen LogP contribution in [0.5, 0.6) is 0 Å². The van der Waals surface area contributed by atoms with Gasteiger partial charge >= 0.3 is 11.9 Å². The van der Waals surface area contributed by atoms with Crippen molar-refractivity contribution in [1.82, 2.24) is 0 Å². The van der Waals surface area contributed by atoms with E-state index >= 15 is 0 Å². The number of ether oxygens (including phenoxy) is 3. The van der Waals surface area contributed by atoms with Crippen LogP contribution in [0.15, 0.2) is 113 Å². The van der Waals surface area contributed by atoms with Crippen LogP contribution in [0.4, 0.5) is 0 Å². The Morgan fingerprint density at radius 3 is 1.05 bits per heavy atom. The van der Waals surface area contributed by atoms with Gasteiger partial charge in [-0.2, -0.15) is 0 Å². The van der Waals surface area contributed by atoms with Gasteiger partial charge in [-0.1, -0.05) is 202 Å². The van der Waals surface area contributed by atoms with Gasteiger partial charge in [0.2, 0.25) is 0 Å². The standard InChI is InChI=1S/2C8H14O2.C7H12.C6H14.C5H10O.C5H10.C5H8.C4H10.C3H6/c2*1-3-5-6-7-10-8(9)4-2;1-3-5-7-6-4-2;1-5(2)6(3)4;1-3-4-5-6-2;2*1-3-5-4-2;1-3-4-2;1-3-2/h2*4H,2-3,5-7H2,1H3;3,5,7H,1,4,6H2,2H3;5-6H,1-4H3;3H,1,4-5H2,2H3;3H,1,4-5H2,2H3;3-5H,1H2,2H3;3-4H2,1-2H3;3H,1H2,2H3/b;;7-5+;;;;5-4+;;. The average molecular weight is 791 g/mol. The molecule has 0 aromatic heterocycles. The molecule has 0 heterocycles. The van der Waals surface area contributed by atoms with Crippen molar-refractivity contribution in [2.75, 3.05) is 26.9 Å². The molecule has 0 saturated carbocycles. The van der Waals surface area contributed by atoms with Crippen molar-refractivity contribution in [2.45, 2.75) is 167 Å². The molecule has 5 nitrogen and oxygen atoms in total. The molecule has 0 N–H and O–H groups in total. The lowest BCUT2D eigenvalue weighted by Gasteiger charge is -2.05. The Bertz CT molecular complexity index is 782. The van der Waals surface area contributed by atoms with Gasteiger partial charge in [0.1, 0.15) is 0 Å². The van der Waals surface area contributed by atoms with Gasteiger partial charge in [0.05, 0.1) is 13.2 Å². The molecule has 0 atom stereocenters. The predicted octanol–water partition coefficient (Wildman–Crippen LogP) is 16.6. The topological polar surface area (TPSA) is 61.8 Å². The molecular weight excluding hydrogens is 693 g/mol. The second-order valence-corrected chi connectivity index (χ2v) is 12.4. The first-order valence-electron chi connectivity index (χ1n) is 21.1.